The fraction of sp³-hybridized carbons (Fsp3) is 0.292. The average Bonchev–Trinajstić information content (AvgIpc) is 3.39. The van der Waals surface area contributed by atoms with Crippen LogP contribution in [-0.2, 0) is 23.1 Å². The number of nitrogens with one attached hydrogen (secondary N) is 1. The Balaban J connectivity index is 0.00000218. The van der Waals surface area contributed by atoms with Crippen LogP contribution in [0.1, 0.15) is 36.7 Å². The molecular formula is C24H24N2O3. The highest BCUT2D eigenvalue weighted by Gasteiger charge is 2.50. The Labute approximate surface area is 170 Å². The van der Waals surface area contributed by atoms with Crippen LogP contribution in [0, 0.1) is 6.92 Å². The Morgan fingerprint density at radius 1 is 1.21 bits per heavy atom. The molecule has 5 heteroatoms. The lowest BCUT2D eigenvalue weighted by atomic mass is 9.88. The predicted octanol–water partition coefficient (Wildman–Crippen LogP) is 3.77. The zero-order valence-corrected chi connectivity index (χ0v) is 16.3. The Morgan fingerprint density at radius 3 is 2.83 bits per heavy atom. The number of aromatic nitrogens is 2. The van der Waals surface area contributed by atoms with E-state index in [2.05, 4.69) is 23.2 Å². The van der Waals surface area contributed by atoms with E-state index in [1.165, 1.54) is 11.6 Å². The van der Waals surface area contributed by atoms with Crippen LogP contribution in [0.15, 0.2) is 53.5 Å². The number of fused-ring (bicyclic) bond motifs is 1. The largest absolute Gasteiger partial charge is 0.493 e. The van der Waals surface area contributed by atoms with Gasteiger partial charge in [0.15, 0.2) is 0 Å². The summed E-state index contributed by atoms with van der Waals surface area (Å²) in [5, 5.41) is 0. The maximum atomic E-state index is 13.3. The first-order valence-electron chi connectivity index (χ1n) is 10.00. The molecule has 2 aliphatic rings. The Hall–Kier alpha value is -3.21. The van der Waals surface area contributed by atoms with Crippen molar-refractivity contribution in [3.05, 3.63) is 81.4 Å². The SMILES string of the molecule is Cc1cc(CC(=O)C2(c3ccc4c(c3)OCC4)CC2)nc(-c2ccc(=O)[nH]c2)c1.[HH]. The maximum Gasteiger partial charge on any atom is 0.247 e. The number of carbonyl (C=O) groups is 1. The minimum atomic E-state index is -0.398. The summed E-state index contributed by atoms with van der Waals surface area (Å²) in [5.74, 6) is 1.14. The number of ketones is 1. The number of aryl methyl sites for hydroxylation is 1. The van der Waals surface area contributed by atoms with E-state index in [-0.39, 0.29) is 12.8 Å². The molecule has 0 radical (unpaired) electrons. The summed E-state index contributed by atoms with van der Waals surface area (Å²) in [6, 6.07) is 13.4. The Kier molecular flexibility index (Phi) is 4.12. The first-order valence-corrected chi connectivity index (χ1v) is 10.00. The van der Waals surface area contributed by atoms with E-state index in [0.717, 1.165) is 59.7 Å². The maximum absolute atomic E-state index is 13.3. The number of nitrogens with zero attached hydrogens (tertiary/aromatic N) is 1. The smallest absolute Gasteiger partial charge is 0.247 e. The van der Waals surface area contributed by atoms with Gasteiger partial charge in [-0.15, -0.1) is 0 Å². The molecule has 1 aliphatic carbocycles. The quantitative estimate of drug-likeness (QED) is 0.722. The molecule has 0 amide bonds. The van der Waals surface area contributed by atoms with Gasteiger partial charge in [-0.25, -0.2) is 0 Å². The molecule has 1 N–H and O–H groups in total. The topological polar surface area (TPSA) is 72.0 Å². The number of ether oxygens (including phenoxy) is 1. The van der Waals surface area contributed by atoms with Crippen molar-refractivity contribution in [2.24, 2.45) is 0 Å². The van der Waals surface area contributed by atoms with Gasteiger partial charge in [0.05, 0.1) is 17.7 Å². The summed E-state index contributed by atoms with van der Waals surface area (Å²) in [6.45, 7) is 2.72. The van der Waals surface area contributed by atoms with Gasteiger partial charge in [-0.2, -0.15) is 0 Å². The molecule has 29 heavy (non-hydrogen) atoms. The number of hydrogen-bond donors (Lipinski definition) is 1. The Morgan fingerprint density at radius 2 is 2.07 bits per heavy atom. The summed E-state index contributed by atoms with van der Waals surface area (Å²) in [7, 11) is 0. The Bertz CT molecular complexity index is 1160. The number of Topliss-reactive ketones (excluding diaryl/α,β-unsaturated/α-hetero) is 1. The van der Waals surface area contributed by atoms with Gasteiger partial charge in [-0.3, -0.25) is 14.6 Å². The second-order valence-electron chi connectivity index (χ2n) is 8.07. The number of hydrogen-bond acceptors (Lipinski definition) is 4. The number of carbonyl (C=O) groups excluding carboxylic acids is 1. The lowest BCUT2D eigenvalue weighted by molar-refractivity contribution is -0.120. The third kappa shape index (κ3) is 3.27. The molecule has 5 rings (SSSR count). The molecule has 0 bridgehead atoms. The number of rotatable bonds is 5. The molecule has 0 saturated heterocycles. The van der Waals surface area contributed by atoms with Crippen LogP contribution < -0.4 is 10.3 Å². The van der Waals surface area contributed by atoms with E-state index in [1.807, 2.05) is 19.1 Å². The summed E-state index contributed by atoms with van der Waals surface area (Å²) in [5.41, 5.74) is 5.15. The predicted molar refractivity (Wildman–Crippen MR) is 112 cm³/mol. The van der Waals surface area contributed by atoms with Crippen LogP contribution in [0.2, 0.25) is 0 Å². The third-order valence-corrected chi connectivity index (χ3v) is 5.98. The zero-order chi connectivity index (χ0) is 20.0. The number of H-pyrrole nitrogens is 1. The lowest BCUT2D eigenvalue weighted by Gasteiger charge is -2.16. The van der Waals surface area contributed by atoms with Crippen LogP contribution in [0.5, 0.6) is 5.75 Å². The molecule has 0 atom stereocenters. The molecule has 5 nitrogen and oxygen atoms in total. The zero-order valence-electron chi connectivity index (χ0n) is 16.3. The van der Waals surface area contributed by atoms with Crippen molar-refractivity contribution in [1.82, 2.24) is 9.97 Å². The van der Waals surface area contributed by atoms with Crippen molar-refractivity contribution in [2.45, 2.75) is 38.0 Å². The molecule has 2 aromatic heterocycles. The molecule has 1 aliphatic heterocycles. The van der Waals surface area contributed by atoms with Gasteiger partial charge >= 0.3 is 0 Å². The normalized spacial score (nSPS) is 16.2. The average molecular weight is 388 g/mol. The van der Waals surface area contributed by atoms with E-state index < -0.39 is 5.41 Å². The minimum Gasteiger partial charge on any atom is -0.493 e. The molecule has 148 valence electrons. The molecule has 0 unspecified atom stereocenters. The van der Waals surface area contributed by atoms with Crippen molar-refractivity contribution in [2.75, 3.05) is 6.61 Å². The van der Waals surface area contributed by atoms with Crippen LogP contribution >= 0.6 is 0 Å². The highest BCUT2D eigenvalue weighted by molar-refractivity contribution is 5.94. The number of aromatic amines is 1. The van der Waals surface area contributed by atoms with Gasteiger partial charge in [0.2, 0.25) is 5.56 Å². The van der Waals surface area contributed by atoms with E-state index in [1.54, 1.807) is 12.3 Å². The summed E-state index contributed by atoms with van der Waals surface area (Å²) < 4.78 is 5.70. The molecule has 3 aromatic rings. The third-order valence-electron chi connectivity index (χ3n) is 5.98. The highest BCUT2D eigenvalue weighted by Crippen LogP contribution is 2.50. The molecule has 0 spiro atoms. The van der Waals surface area contributed by atoms with E-state index in [0.29, 0.717) is 6.42 Å². The molecule has 3 heterocycles. The van der Waals surface area contributed by atoms with Crippen molar-refractivity contribution in [1.29, 1.82) is 0 Å². The first-order chi connectivity index (χ1) is 14.0. The first kappa shape index (κ1) is 17.9. The van der Waals surface area contributed by atoms with Crippen LogP contribution in [0.25, 0.3) is 11.3 Å². The highest BCUT2D eigenvalue weighted by atomic mass is 16.5. The van der Waals surface area contributed by atoms with Gasteiger partial charge in [0.1, 0.15) is 11.5 Å². The van der Waals surface area contributed by atoms with E-state index >= 15 is 0 Å². The fourth-order valence-electron chi connectivity index (χ4n) is 4.20. The second kappa shape index (κ2) is 6.69. The monoisotopic (exact) mass is 388 g/mol. The summed E-state index contributed by atoms with van der Waals surface area (Å²) >= 11 is 0. The van der Waals surface area contributed by atoms with Gasteiger partial charge in [0, 0.05) is 37.8 Å². The molecule has 1 aromatic carbocycles. The molecular weight excluding hydrogens is 364 g/mol. The van der Waals surface area contributed by atoms with Crippen LogP contribution in [0.4, 0.5) is 0 Å². The second-order valence-corrected chi connectivity index (χ2v) is 8.07. The summed E-state index contributed by atoms with van der Waals surface area (Å²) in [4.78, 5) is 32.0. The van der Waals surface area contributed by atoms with Crippen LogP contribution in [0.3, 0.4) is 0 Å². The standard InChI is InChI=1S/C24H22N2O3.H2/c1-15-10-19(26-20(11-15)17-3-5-23(28)25-14-17)13-22(27)24(7-8-24)18-4-2-16-6-9-29-21(16)12-18;/h2-5,10-12,14H,6-9,13H2,1H3,(H,25,28);1H. The number of pyridine rings is 2. The van der Waals surface area contributed by atoms with E-state index in [4.69, 9.17) is 9.72 Å². The van der Waals surface area contributed by atoms with Crippen molar-refractivity contribution in [3.63, 3.8) is 0 Å². The van der Waals surface area contributed by atoms with Crippen molar-refractivity contribution < 1.29 is 11.0 Å². The molecule has 1 fully saturated rings. The van der Waals surface area contributed by atoms with E-state index in [9.17, 15) is 9.59 Å². The molecule has 1 saturated carbocycles. The van der Waals surface area contributed by atoms with Gasteiger partial charge in [-0.1, -0.05) is 12.1 Å². The van der Waals surface area contributed by atoms with Gasteiger partial charge in [-0.05, 0) is 60.7 Å². The van der Waals surface area contributed by atoms with Crippen molar-refractivity contribution >= 4 is 5.78 Å². The van der Waals surface area contributed by atoms with Crippen molar-refractivity contribution in [3.8, 4) is 17.0 Å². The summed E-state index contributed by atoms with van der Waals surface area (Å²) in [6.07, 6.45) is 4.66. The lowest BCUT2D eigenvalue weighted by Crippen LogP contribution is -2.23. The van der Waals surface area contributed by atoms with Gasteiger partial charge in [0.25, 0.3) is 0 Å². The fourth-order valence-corrected chi connectivity index (χ4v) is 4.20. The van der Waals surface area contributed by atoms with Crippen LogP contribution in [-0.4, -0.2) is 22.4 Å². The van der Waals surface area contributed by atoms with Gasteiger partial charge < -0.3 is 9.72 Å². The number of benzene rings is 1. The minimum absolute atomic E-state index is 0.